The maximum atomic E-state index is 14.8. The van der Waals surface area contributed by atoms with Crippen molar-refractivity contribution in [2.75, 3.05) is 47.0 Å². The van der Waals surface area contributed by atoms with Crippen LogP contribution in [0.4, 0.5) is 4.39 Å². The lowest BCUT2D eigenvalue weighted by molar-refractivity contribution is -0.122. The third-order valence-electron chi connectivity index (χ3n) is 9.09. The molecule has 1 fully saturated rings. The van der Waals surface area contributed by atoms with E-state index < -0.39 is 0 Å². The summed E-state index contributed by atoms with van der Waals surface area (Å²) in [7, 11) is 3.18. The number of H-pyrrole nitrogens is 1. The van der Waals surface area contributed by atoms with Gasteiger partial charge in [0.05, 0.1) is 19.8 Å². The minimum Gasteiger partial charge on any atom is -0.497 e. The normalized spacial score (nSPS) is 17.8. The molecule has 1 atom stereocenters. The molecule has 1 unspecified atom stereocenters. The second kappa shape index (κ2) is 12.3. The SMILES string of the molecule is CNC(=O)COc1cccc(C(=O)N2CCC3(CC2)CN(Cc2ccccc2F)C(CO)c2[nH]c4cc(OC)ccc4c23)c1. The number of aromatic amines is 1. The molecule has 2 amide bonds. The predicted octanol–water partition coefficient (Wildman–Crippen LogP) is 4.16. The van der Waals surface area contributed by atoms with Gasteiger partial charge in [0.1, 0.15) is 17.3 Å². The highest BCUT2D eigenvalue weighted by atomic mass is 19.1. The molecule has 10 heteroatoms. The Labute approximate surface area is 255 Å². The summed E-state index contributed by atoms with van der Waals surface area (Å²) in [6, 6.07) is 19.3. The van der Waals surface area contributed by atoms with E-state index in [2.05, 4.69) is 21.3 Å². The standard InChI is InChI=1S/C34H37FN4O5/c1-36-30(41)20-44-25-8-5-7-22(16-25)33(42)38-14-12-34(13-15-38)21-39(18-23-6-3-4-9-27(23)35)29(19-40)32-31(34)26-11-10-24(43-2)17-28(26)37-32/h3-11,16-17,29,37,40H,12-15,18-21H2,1-2H3,(H,36,41). The van der Waals surface area contributed by atoms with Crippen LogP contribution in [-0.4, -0.2) is 78.7 Å². The molecule has 2 aliphatic rings. The number of hydrogen-bond acceptors (Lipinski definition) is 6. The fraction of sp³-hybridized carbons (Fsp3) is 0.353. The minimum absolute atomic E-state index is 0.0959. The van der Waals surface area contributed by atoms with Crippen molar-refractivity contribution in [1.29, 1.82) is 0 Å². The van der Waals surface area contributed by atoms with Crippen LogP contribution in [0.2, 0.25) is 0 Å². The number of methoxy groups -OCH3 is 1. The van der Waals surface area contributed by atoms with Crippen molar-refractivity contribution in [3.63, 3.8) is 0 Å². The molecule has 0 radical (unpaired) electrons. The maximum Gasteiger partial charge on any atom is 0.257 e. The summed E-state index contributed by atoms with van der Waals surface area (Å²) in [6.07, 6.45) is 1.40. The van der Waals surface area contributed by atoms with Crippen LogP contribution in [0.3, 0.4) is 0 Å². The van der Waals surface area contributed by atoms with Gasteiger partial charge in [-0.15, -0.1) is 0 Å². The third kappa shape index (κ3) is 5.51. The smallest absolute Gasteiger partial charge is 0.257 e. The summed E-state index contributed by atoms with van der Waals surface area (Å²) >= 11 is 0. The lowest BCUT2D eigenvalue weighted by Crippen LogP contribution is -2.54. The molecule has 3 aromatic carbocycles. The summed E-state index contributed by atoms with van der Waals surface area (Å²) in [4.78, 5) is 32.8. The zero-order chi connectivity index (χ0) is 30.8. The highest BCUT2D eigenvalue weighted by molar-refractivity contribution is 5.95. The first-order chi connectivity index (χ1) is 21.4. The van der Waals surface area contributed by atoms with Crippen molar-refractivity contribution >= 4 is 22.7 Å². The van der Waals surface area contributed by atoms with E-state index in [1.54, 1.807) is 50.6 Å². The largest absolute Gasteiger partial charge is 0.497 e. The zero-order valence-corrected chi connectivity index (χ0v) is 24.9. The maximum absolute atomic E-state index is 14.8. The summed E-state index contributed by atoms with van der Waals surface area (Å²) < 4.78 is 25.9. The Morgan fingerprint density at radius 1 is 1.07 bits per heavy atom. The number of hydrogen-bond donors (Lipinski definition) is 3. The number of nitrogens with one attached hydrogen (secondary N) is 2. The van der Waals surface area contributed by atoms with Gasteiger partial charge in [-0.05, 0) is 54.8 Å². The number of ether oxygens (including phenoxy) is 2. The average Bonchev–Trinajstić information content (AvgIpc) is 3.44. The van der Waals surface area contributed by atoms with Gasteiger partial charge in [0.15, 0.2) is 6.61 Å². The molecule has 4 aromatic rings. The van der Waals surface area contributed by atoms with Crippen molar-refractivity contribution in [3.8, 4) is 11.5 Å². The fourth-order valence-corrected chi connectivity index (χ4v) is 6.79. The van der Waals surface area contributed by atoms with Gasteiger partial charge >= 0.3 is 0 Å². The van der Waals surface area contributed by atoms with Gasteiger partial charge in [-0.3, -0.25) is 14.5 Å². The molecule has 0 bridgehead atoms. The molecule has 6 rings (SSSR count). The molecule has 1 saturated heterocycles. The summed E-state index contributed by atoms with van der Waals surface area (Å²) in [5.74, 6) is 0.570. The molecule has 3 heterocycles. The Balaban J connectivity index is 1.31. The van der Waals surface area contributed by atoms with E-state index in [-0.39, 0.29) is 42.3 Å². The number of nitrogens with zero attached hydrogens (tertiary/aromatic N) is 2. The number of rotatable bonds is 8. The summed E-state index contributed by atoms with van der Waals surface area (Å²) in [5.41, 5.74) is 3.77. The van der Waals surface area contributed by atoms with Crippen LogP contribution in [0.25, 0.3) is 10.9 Å². The second-order valence-corrected chi connectivity index (χ2v) is 11.6. The number of aliphatic hydroxyl groups is 1. The number of amides is 2. The van der Waals surface area contributed by atoms with E-state index in [0.717, 1.165) is 27.9 Å². The van der Waals surface area contributed by atoms with E-state index >= 15 is 0 Å². The Hall–Kier alpha value is -4.41. The van der Waals surface area contributed by atoms with Crippen LogP contribution in [0.15, 0.2) is 66.7 Å². The molecule has 9 nitrogen and oxygen atoms in total. The van der Waals surface area contributed by atoms with Crippen molar-refractivity contribution in [3.05, 3.63) is 94.9 Å². The molecule has 0 aliphatic carbocycles. The minimum atomic E-state index is -0.342. The Bertz CT molecular complexity index is 1680. The summed E-state index contributed by atoms with van der Waals surface area (Å²) in [5, 5.41) is 14.2. The van der Waals surface area contributed by atoms with Crippen molar-refractivity contribution in [2.24, 2.45) is 0 Å². The van der Waals surface area contributed by atoms with Crippen LogP contribution < -0.4 is 14.8 Å². The van der Waals surface area contributed by atoms with Gasteiger partial charge in [0.25, 0.3) is 11.8 Å². The Kier molecular flexibility index (Phi) is 8.29. The number of carbonyl (C=O) groups excluding carboxylic acids is 2. The third-order valence-corrected chi connectivity index (χ3v) is 9.09. The molecule has 44 heavy (non-hydrogen) atoms. The first-order valence-corrected chi connectivity index (χ1v) is 14.9. The average molecular weight is 601 g/mol. The zero-order valence-electron chi connectivity index (χ0n) is 24.9. The van der Waals surface area contributed by atoms with Crippen molar-refractivity contribution in [2.45, 2.75) is 30.8 Å². The predicted molar refractivity (Wildman–Crippen MR) is 164 cm³/mol. The number of halogens is 1. The van der Waals surface area contributed by atoms with Crippen LogP contribution in [-0.2, 0) is 16.8 Å². The van der Waals surface area contributed by atoms with Gasteiger partial charge in [0.2, 0.25) is 0 Å². The highest BCUT2D eigenvalue weighted by Crippen LogP contribution is 2.49. The van der Waals surface area contributed by atoms with E-state index in [1.807, 2.05) is 23.1 Å². The van der Waals surface area contributed by atoms with Crippen LogP contribution in [0, 0.1) is 5.82 Å². The van der Waals surface area contributed by atoms with E-state index in [0.29, 0.717) is 55.9 Å². The van der Waals surface area contributed by atoms with Gasteiger partial charge in [-0.1, -0.05) is 24.3 Å². The van der Waals surface area contributed by atoms with E-state index in [9.17, 15) is 19.1 Å². The highest BCUT2D eigenvalue weighted by Gasteiger charge is 2.48. The molecule has 1 spiro atoms. The monoisotopic (exact) mass is 600 g/mol. The lowest BCUT2D eigenvalue weighted by atomic mass is 9.68. The molecular formula is C34H37FN4O5. The number of benzene rings is 3. The number of likely N-dealkylation sites (N-methyl/N-ethyl adjacent to an activating group) is 1. The van der Waals surface area contributed by atoms with Crippen molar-refractivity contribution in [1.82, 2.24) is 20.1 Å². The van der Waals surface area contributed by atoms with Gasteiger partial charge in [-0.2, -0.15) is 0 Å². The quantitative estimate of drug-likeness (QED) is 0.281. The van der Waals surface area contributed by atoms with Gasteiger partial charge < -0.3 is 29.8 Å². The van der Waals surface area contributed by atoms with E-state index in [4.69, 9.17) is 9.47 Å². The molecule has 3 N–H and O–H groups in total. The number of carbonyl (C=O) groups is 2. The fourth-order valence-electron chi connectivity index (χ4n) is 6.79. The molecule has 0 saturated carbocycles. The number of likely N-dealkylation sites (tertiary alicyclic amines) is 1. The number of aliphatic hydroxyl groups excluding tert-OH is 1. The lowest BCUT2D eigenvalue weighted by Gasteiger charge is -2.50. The number of aromatic nitrogens is 1. The topological polar surface area (TPSA) is 107 Å². The van der Waals surface area contributed by atoms with Crippen LogP contribution in [0.1, 0.15) is 46.1 Å². The second-order valence-electron chi connectivity index (χ2n) is 11.6. The Morgan fingerprint density at radius 3 is 2.59 bits per heavy atom. The Morgan fingerprint density at radius 2 is 1.86 bits per heavy atom. The molecular weight excluding hydrogens is 563 g/mol. The summed E-state index contributed by atoms with van der Waals surface area (Å²) in [6.45, 7) is 1.78. The van der Waals surface area contributed by atoms with Crippen LogP contribution >= 0.6 is 0 Å². The molecule has 1 aromatic heterocycles. The van der Waals surface area contributed by atoms with Crippen LogP contribution in [0.5, 0.6) is 11.5 Å². The first kappa shape index (κ1) is 29.7. The number of fused-ring (bicyclic) bond motifs is 4. The van der Waals surface area contributed by atoms with E-state index in [1.165, 1.54) is 6.07 Å². The first-order valence-electron chi connectivity index (χ1n) is 14.9. The van der Waals surface area contributed by atoms with Crippen molar-refractivity contribution < 1.29 is 28.6 Å². The van der Waals surface area contributed by atoms with Gasteiger partial charge in [-0.25, -0.2) is 4.39 Å². The van der Waals surface area contributed by atoms with Gasteiger partial charge in [0, 0.05) is 72.4 Å². The molecule has 230 valence electrons. The number of piperidine rings is 1. The molecule has 2 aliphatic heterocycles.